The molecule has 0 spiro atoms. The van der Waals surface area contributed by atoms with Gasteiger partial charge in [0.1, 0.15) is 36.9 Å². The largest absolute Gasteiger partial charge is 0.489 e. The predicted octanol–water partition coefficient (Wildman–Crippen LogP) is 8.17. The standard InChI is InChI=1S/C41H44FN2O5/c1-29(45)48-38(20-11-30-5-3-2-4-6-30)40-39(43(41(46)49-40)36-16-14-35(42)15-17-36)34-12-18-37(19-13-34)47-28-33-9-7-32(8-10-33)27-44-24-21-31(22-25-44)23-26-44/h2-10,12-19,31,38-40H,11,20-28H2,1H3/q+1/t31?,38-,39-,40-,44?/m1/s1. The number of cyclic esters (lactones) is 1. The van der Waals surface area contributed by atoms with E-state index in [-0.39, 0.29) is 0 Å². The average molecular weight is 664 g/mol. The van der Waals surface area contributed by atoms with Crippen LogP contribution in [0.3, 0.4) is 0 Å². The molecule has 0 N–H and O–H groups in total. The number of hydrogen-bond acceptors (Lipinski definition) is 5. The van der Waals surface area contributed by atoms with E-state index in [0.29, 0.717) is 30.9 Å². The fourth-order valence-corrected chi connectivity index (χ4v) is 7.87. The van der Waals surface area contributed by atoms with E-state index in [0.717, 1.165) is 29.2 Å². The Labute approximate surface area is 287 Å². The number of amides is 1. The number of benzene rings is 4. The van der Waals surface area contributed by atoms with Crippen molar-refractivity contribution in [2.75, 3.05) is 24.5 Å². The summed E-state index contributed by atoms with van der Waals surface area (Å²) >= 11 is 0. The van der Waals surface area contributed by atoms with E-state index in [1.165, 1.54) is 72.9 Å². The maximum absolute atomic E-state index is 13.9. The highest BCUT2D eigenvalue weighted by atomic mass is 19.1. The van der Waals surface area contributed by atoms with Crippen LogP contribution < -0.4 is 9.64 Å². The summed E-state index contributed by atoms with van der Waals surface area (Å²) in [4.78, 5) is 27.2. The lowest BCUT2D eigenvalue weighted by Crippen LogP contribution is -2.57. The maximum Gasteiger partial charge on any atom is 0.415 e. The van der Waals surface area contributed by atoms with Crippen molar-refractivity contribution in [1.82, 2.24) is 0 Å². The average Bonchev–Trinajstić information content (AvgIpc) is 3.48. The summed E-state index contributed by atoms with van der Waals surface area (Å²) in [5, 5.41) is 0. The number of nitrogens with zero attached hydrogens (tertiary/aromatic N) is 2. The molecule has 4 saturated heterocycles. The maximum atomic E-state index is 13.9. The lowest BCUT2D eigenvalue weighted by Gasteiger charge is -2.49. The number of carbonyl (C=O) groups excluding carboxylic acids is 2. The molecule has 4 heterocycles. The molecule has 3 atom stereocenters. The van der Waals surface area contributed by atoms with Crippen LogP contribution in [0.25, 0.3) is 0 Å². The lowest BCUT2D eigenvalue weighted by molar-refractivity contribution is -0.955. The fraction of sp³-hybridized carbons (Fsp3) is 0.366. The van der Waals surface area contributed by atoms with Crippen molar-refractivity contribution < 1.29 is 32.7 Å². The van der Waals surface area contributed by atoms with Gasteiger partial charge in [0, 0.05) is 18.2 Å². The zero-order valence-corrected chi connectivity index (χ0v) is 28.0. The van der Waals surface area contributed by atoms with Gasteiger partial charge in [-0.3, -0.25) is 9.69 Å². The number of halogens is 1. The van der Waals surface area contributed by atoms with Gasteiger partial charge in [-0.1, -0.05) is 66.7 Å². The van der Waals surface area contributed by atoms with Crippen LogP contribution in [0.2, 0.25) is 0 Å². The van der Waals surface area contributed by atoms with Crippen molar-refractivity contribution in [2.24, 2.45) is 5.92 Å². The molecule has 8 rings (SSSR count). The number of quaternary nitrogens is 1. The van der Waals surface area contributed by atoms with Crippen LogP contribution in [0.1, 0.15) is 60.9 Å². The van der Waals surface area contributed by atoms with E-state index in [9.17, 15) is 14.0 Å². The van der Waals surface area contributed by atoms with Crippen molar-refractivity contribution in [3.63, 3.8) is 0 Å². The molecular formula is C41H44FN2O5+. The summed E-state index contributed by atoms with van der Waals surface area (Å²) in [5.74, 6) is 0.791. The van der Waals surface area contributed by atoms with Crippen molar-refractivity contribution in [1.29, 1.82) is 0 Å². The summed E-state index contributed by atoms with van der Waals surface area (Å²) in [6.45, 7) is 6.85. The molecule has 0 aromatic heterocycles. The Morgan fingerprint density at radius 2 is 1.51 bits per heavy atom. The van der Waals surface area contributed by atoms with Gasteiger partial charge in [0.05, 0.1) is 19.6 Å². The smallest absolute Gasteiger partial charge is 0.415 e. The Balaban J connectivity index is 1.07. The van der Waals surface area contributed by atoms with Gasteiger partial charge in [0.2, 0.25) is 0 Å². The fourth-order valence-electron chi connectivity index (χ4n) is 7.87. The third-order valence-corrected chi connectivity index (χ3v) is 10.6. The zero-order chi connectivity index (χ0) is 33.8. The van der Waals surface area contributed by atoms with E-state index >= 15 is 0 Å². The topological polar surface area (TPSA) is 65.1 Å². The number of anilines is 1. The summed E-state index contributed by atoms with van der Waals surface area (Å²) in [6, 6.07) is 31.4. The number of esters is 1. The molecule has 4 aliphatic heterocycles. The number of rotatable bonds is 12. The van der Waals surface area contributed by atoms with E-state index in [1.54, 1.807) is 12.1 Å². The Hall–Kier alpha value is -4.69. The molecular weight excluding hydrogens is 619 g/mol. The van der Waals surface area contributed by atoms with Crippen LogP contribution >= 0.6 is 0 Å². The number of carbonyl (C=O) groups is 2. The second kappa shape index (κ2) is 14.4. The van der Waals surface area contributed by atoms with E-state index in [1.807, 2.05) is 54.6 Å². The van der Waals surface area contributed by atoms with Crippen LogP contribution in [0.4, 0.5) is 14.9 Å². The van der Waals surface area contributed by atoms with E-state index < -0.39 is 36.1 Å². The van der Waals surface area contributed by atoms with Crippen LogP contribution in [-0.2, 0) is 33.8 Å². The molecule has 254 valence electrons. The Morgan fingerprint density at radius 3 is 2.16 bits per heavy atom. The molecule has 2 bridgehead atoms. The second-order valence-electron chi connectivity index (χ2n) is 13.9. The minimum atomic E-state index is -0.794. The van der Waals surface area contributed by atoms with E-state index in [4.69, 9.17) is 14.2 Å². The van der Waals surface area contributed by atoms with Crippen LogP contribution in [0.15, 0.2) is 103 Å². The predicted molar refractivity (Wildman–Crippen MR) is 185 cm³/mol. The van der Waals surface area contributed by atoms with Gasteiger partial charge < -0.3 is 18.7 Å². The molecule has 49 heavy (non-hydrogen) atoms. The third kappa shape index (κ3) is 7.65. The monoisotopic (exact) mass is 663 g/mol. The Morgan fingerprint density at radius 1 is 0.857 bits per heavy atom. The SMILES string of the molecule is CC(=O)O[C@H](CCc1ccccc1)[C@H]1OC(=O)N(c2ccc(F)cc2)[C@@H]1c1ccc(OCc2ccc(C[N+]34CCC(CC3)CC4)cc2)cc1. The van der Waals surface area contributed by atoms with Crippen molar-refractivity contribution in [3.8, 4) is 5.75 Å². The summed E-state index contributed by atoms with van der Waals surface area (Å²) in [6.07, 6.45) is 3.12. The first-order valence-corrected chi connectivity index (χ1v) is 17.5. The first kappa shape index (κ1) is 32.8. The number of hydrogen-bond donors (Lipinski definition) is 0. The van der Waals surface area contributed by atoms with Crippen molar-refractivity contribution in [2.45, 2.75) is 70.4 Å². The number of piperidine rings is 3. The van der Waals surface area contributed by atoms with Gasteiger partial charge in [-0.15, -0.1) is 0 Å². The minimum absolute atomic E-state index is 0.406. The first-order valence-electron chi connectivity index (χ1n) is 17.5. The quantitative estimate of drug-likeness (QED) is 0.113. The normalized spacial score (nSPS) is 23.6. The highest BCUT2D eigenvalue weighted by Crippen LogP contribution is 2.41. The van der Waals surface area contributed by atoms with E-state index in [2.05, 4.69) is 24.3 Å². The molecule has 7 nitrogen and oxygen atoms in total. The summed E-state index contributed by atoms with van der Waals surface area (Å²) < 4.78 is 33.1. The zero-order valence-electron chi connectivity index (χ0n) is 28.0. The molecule has 4 fully saturated rings. The number of fused-ring (bicyclic) bond motifs is 3. The van der Waals surface area contributed by atoms with Gasteiger partial charge in [-0.2, -0.15) is 0 Å². The Bertz CT molecular complexity index is 1710. The lowest BCUT2D eigenvalue weighted by atomic mass is 9.85. The number of ether oxygens (including phenoxy) is 3. The third-order valence-electron chi connectivity index (χ3n) is 10.6. The highest BCUT2D eigenvalue weighted by molar-refractivity contribution is 5.91. The summed E-state index contributed by atoms with van der Waals surface area (Å²) in [7, 11) is 0. The van der Waals surface area contributed by atoms with Crippen LogP contribution in [-0.4, -0.2) is 48.4 Å². The van der Waals surface area contributed by atoms with Gasteiger partial charge in [0.15, 0.2) is 6.10 Å². The minimum Gasteiger partial charge on any atom is -0.489 e. The van der Waals surface area contributed by atoms with Crippen LogP contribution in [0, 0.1) is 11.7 Å². The van der Waals surface area contributed by atoms with Crippen molar-refractivity contribution in [3.05, 3.63) is 131 Å². The molecule has 1 amide bonds. The number of aryl methyl sites for hydroxylation is 1. The molecule has 4 aromatic carbocycles. The molecule has 0 aliphatic carbocycles. The highest BCUT2D eigenvalue weighted by Gasteiger charge is 2.48. The molecule has 0 unspecified atom stereocenters. The molecule has 4 aliphatic rings. The van der Waals surface area contributed by atoms with Crippen molar-refractivity contribution >= 4 is 17.7 Å². The molecule has 4 aromatic rings. The van der Waals surface area contributed by atoms with Crippen LogP contribution in [0.5, 0.6) is 5.75 Å². The molecule has 0 radical (unpaired) electrons. The molecule has 0 saturated carbocycles. The van der Waals surface area contributed by atoms with Gasteiger partial charge in [0.25, 0.3) is 0 Å². The first-order chi connectivity index (χ1) is 23.8. The molecule has 8 heteroatoms. The Kier molecular flexibility index (Phi) is 9.67. The van der Waals surface area contributed by atoms with Gasteiger partial charge >= 0.3 is 12.1 Å². The van der Waals surface area contributed by atoms with Gasteiger partial charge in [-0.05, 0) is 91.1 Å². The second-order valence-corrected chi connectivity index (χ2v) is 13.9. The van der Waals surface area contributed by atoms with Gasteiger partial charge in [-0.25, -0.2) is 9.18 Å². The summed E-state index contributed by atoms with van der Waals surface area (Å²) in [5.41, 5.74) is 4.84.